The number of benzene rings is 2. The van der Waals surface area contributed by atoms with E-state index in [1.54, 1.807) is 6.07 Å². The zero-order valence-electron chi connectivity index (χ0n) is 12.6. The minimum atomic E-state index is -0.150. The standard InChI is InChI=1S/C18H13ClN2O2S/c19-13-3-1-2-4-14(13)20-18-21-17(22)16(24-18)10-11-5-6-15-12(9-11)7-8-23-15/h1-6,9-10H,7-8H2,(H,20,21,22). The molecule has 2 aromatic rings. The lowest BCUT2D eigenvalue weighted by molar-refractivity contribution is -0.115. The Morgan fingerprint density at radius 3 is 3.00 bits per heavy atom. The molecule has 120 valence electrons. The number of amides is 1. The smallest absolute Gasteiger partial charge is 0.264 e. The van der Waals surface area contributed by atoms with Gasteiger partial charge in [-0.2, -0.15) is 0 Å². The number of hydrogen-bond acceptors (Lipinski definition) is 4. The first-order valence-electron chi connectivity index (χ1n) is 7.49. The first-order valence-corrected chi connectivity index (χ1v) is 8.68. The van der Waals surface area contributed by atoms with Crippen LogP contribution in [0, 0.1) is 0 Å². The number of hydrogen-bond donors (Lipinski definition) is 1. The maximum Gasteiger partial charge on any atom is 0.264 e. The number of rotatable bonds is 2. The number of aliphatic imine (C=N–C) groups is 1. The second-order valence-corrected chi connectivity index (χ2v) is 6.84. The molecule has 0 saturated carbocycles. The monoisotopic (exact) mass is 356 g/mol. The summed E-state index contributed by atoms with van der Waals surface area (Å²) in [6.45, 7) is 0.721. The Morgan fingerprint density at radius 1 is 1.25 bits per heavy atom. The Labute approximate surface area is 148 Å². The summed E-state index contributed by atoms with van der Waals surface area (Å²) in [4.78, 5) is 17.2. The zero-order valence-corrected chi connectivity index (χ0v) is 14.2. The molecule has 2 aliphatic heterocycles. The van der Waals surface area contributed by atoms with Gasteiger partial charge in [-0.15, -0.1) is 0 Å². The van der Waals surface area contributed by atoms with Crippen LogP contribution in [0.1, 0.15) is 11.1 Å². The summed E-state index contributed by atoms with van der Waals surface area (Å²) in [5.41, 5.74) is 2.80. The molecule has 1 saturated heterocycles. The quantitative estimate of drug-likeness (QED) is 0.822. The molecule has 2 aliphatic rings. The van der Waals surface area contributed by atoms with Crippen LogP contribution >= 0.6 is 23.4 Å². The molecular weight excluding hydrogens is 344 g/mol. The van der Waals surface area contributed by atoms with Gasteiger partial charge in [-0.05, 0) is 53.2 Å². The summed E-state index contributed by atoms with van der Waals surface area (Å²) in [7, 11) is 0. The van der Waals surface area contributed by atoms with Crippen molar-refractivity contribution in [2.45, 2.75) is 6.42 Å². The third kappa shape index (κ3) is 3.05. The second-order valence-electron chi connectivity index (χ2n) is 5.40. The summed E-state index contributed by atoms with van der Waals surface area (Å²) in [6.07, 6.45) is 2.78. The van der Waals surface area contributed by atoms with Gasteiger partial charge in [0.25, 0.3) is 5.91 Å². The normalized spacial score (nSPS) is 19.5. The van der Waals surface area contributed by atoms with Gasteiger partial charge >= 0.3 is 0 Å². The van der Waals surface area contributed by atoms with Gasteiger partial charge in [-0.25, -0.2) is 4.99 Å². The number of fused-ring (bicyclic) bond motifs is 1. The Bertz CT molecular complexity index is 892. The van der Waals surface area contributed by atoms with Crippen LogP contribution in [0.15, 0.2) is 52.4 Å². The molecule has 0 bridgehead atoms. The number of thioether (sulfide) groups is 1. The third-order valence-electron chi connectivity index (χ3n) is 3.74. The predicted octanol–water partition coefficient (Wildman–Crippen LogP) is 4.17. The highest BCUT2D eigenvalue weighted by molar-refractivity contribution is 8.18. The van der Waals surface area contributed by atoms with Crippen LogP contribution in [0.5, 0.6) is 5.75 Å². The van der Waals surface area contributed by atoms with Gasteiger partial charge in [0.15, 0.2) is 5.17 Å². The van der Waals surface area contributed by atoms with E-state index in [9.17, 15) is 4.79 Å². The number of amidine groups is 1. The minimum absolute atomic E-state index is 0.150. The fourth-order valence-corrected chi connectivity index (χ4v) is 3.59. The van der Waals surface area contributed by atoms with Crippen molar-refractivity contribution in [3.8, 4) is 5.75 Å². The molecule has 4 rings (SSSR count). The van der Waals surface area contributed by atoms with Crippen LogP contribution < -0.4 is 10.1 Å². The van der Waals surface area contributed by atoms with E-state index in [0.29, 0.717) is 20.8 Å². The van der Waals surface area contributed by atoms with E-state index in [1.807, 2.05) is 36.4 Å². The molecule has 2 aromatic carbocycles. The maximum atomic E-state index is 12.2. The van der Waals surface area contributed by atoms with Gasteiger partial charge in [0.2, 0.25) is 0 Å². The summed E-state index contributed by atoms with van der Waals surface area (Å²) in [6, 6.07) is 13.2. The fourth-order valence-electron chi connectivity index (χ4n) is 2.58. The van der Waals surface area contributed by atoms with Gasteiger partial charge in [0.1, 0.15) is 5.75 Å². The van der Waals surface area contributed by atoms with Crippen LogP contribution in [-0.2, 0) is 11.2 Å². The largest absolute Gasteiger partial charge is 0.493 e. The lowest BCUT2D eigenvalue weighted by Gasteiger charge is -2.00. The zero-order chi connectivity index (χ0) is 16.5. The number of carbonyl (C=O) groups is 1. The number of halogens is 1. The van der Waals surface area contributed by atoms with E-state index in [-0.39, 0.29) is 5.91 Å². The molecule has 1 N–H and O–H groups in total. The van der Waals surface area contributed by atoms with Crippen molar-refractivity contribution in [3.05, 3.63) is 63.5 Å². The molecule has 2 heterocycles. The van der Waals surface area contributed by atoms with Crippen molar-refractivity contribution in [1.82, 2.24) is 5.32 Å². The third-order valence-corrected chi connectivity index (χ3v) is 4.97. The maximum absolute atomic E-state index is 12.2. The summed E-state index contributed by atoms with van der Waals surface area (Å²) >= 11 is 7.41. The van der Waals surface area contributed by atoms with Crippen molar-refractivity contribution in [1.29, 1.82) is 0 Å². The highest BCUT2D eigenvalue weighted by atomic mass is 35.5. The SMILES string of the molecule is O=C1NC(=Nc2ccccc2Cl)SC1=Cc1ccc2c(c1)CCO2. The van der Waals surface area contributed by atoms with Crippen LogP contribution in [0.25, 0.3) is 6.08 Å². The van der Waals surface area contributed by atoms with Crippen molar-refractivity contribution in [3.63, 3.8) is 0 Å². The first-order chi connectivity index (χ1) is 11.7. The lowest BCUT2D eigenvalue weighted by atomic mass is 10.1. The molecule has 6 heteroatoms. The highest BCUT2D eigenvalue weighted by Gasteiger charge is 2.24. The van der Waals surface area contributed by atoms with Gasteiger partial charge in [0, 0.05) is 6.42 Å². The number of carbonyl (C=O) groups excluding carboxylic acids is 1. The first kappa shape index (κ1) is 15.3. The van der Waals surface area contributed by atoms with E-state index >= 15 is 0 Å². The van der Waals surface area contributed by atoms with E-state index in [4.69, 9.17) is 16.3 Å². The molecule has 0 aromatic heterocycles. The lowest BCUT2D eigenvalue weighted by Crippen LogP contribution is -2.19. The Balaban J connectivity index is 1.59. The average Bonchev–Trinajstić information content (AvgIpc) is 3.16. The van der Waals surface area contributed by atoms with Gasteiger partial charge in [0.05, 0.1) is 22.2 Å². The van der Waals surface area contributed by atoms with Crippen LogP contribution in [0.3, 0.4) is 0 Å². The van der Waals surface area contributed by atoms with E-state index < -0.39 is 0 Å². The van der Waals surface area contributed by atoms with E-state index in [2.05, 4.69) is 16.4 Å². The molecule has 0 aliphatic carbocycles. The minimum Gasteiger partial charge on any atom is -0.493 e. The predicted molar refractivity (Wildman–Crippen MR) is 97.9 cm³/mol. The van der Waals surface area contributed by atoms with Gasteiger partial charge < -0.3 is 10.1 Å². The molecule has 4 nitrogen and oxygen atoms in total. The summed E-state index contributed by atoms with van der Waals surface area (Å²) < 4.78 is 5.50. The fraction of sp³-hybridized carbons (Fsp3) is 0.111. The molecule has 0 spiro atoms. The van der Waals surface area contributed by atoms with Crippen molar-refractivity contribution in [2.24, 2.45) is 4.99 Å². The molecule has 24 heavy (non-hydrogen) atoms. The molecule has 1 fully saturated rings. The molecule has 0 unspecified atom stereocenters. The topological polar surface area (TPSA) is 50.7 Å². The van der Waals surface area contributed by atoms with Crippen LogP contribution in [0.4, 0.5) is 5.69 Å². The number of nitrogens with zero attached hydrogens (tertiary/aromatic N) is 1. The summed E-state index contributed by atoms with van der Waals surface area (Å²) in [5.74, 6) is 0.782. The summed E-state index contributed by atoms with van der Waals surface area (Å²) in [5, 5.41) is 3.86. The molecule has 1 amide bonds. The highest BCUT2D eigenvalue weighted by Crippen LogP contribution is 2.32. The molecular formula is C18H13ClN2O2S. The number of ether oxygens (including phenoxy) is 1. The van der Waals surface area contributed by atoms with Crippen molar-refractivity contribution >= 4 is 46.2 Å². The van der Waals surface area contributed by atoms with Crippen molar-refractivity contribution in [2.75, 3.05) is 6.61 Å². The Hall–Kier alpha value is -2.24. The van der Waals surface area contributed by atoms with E-state index in [1.165, 1.54) is 17.3 Å². The second kappa shape index (κ2) is 6.34. The molecule has 0 atom stereocenters. The van der Waals surface area contributed by atoms with Crippen molar-refractivity contribution < 1.29 is 9.53 Å². The number of para-hydroxylation sites is 1. The average molecular weight is 357 g/mol. The van der Waals surface area contributed by atoms with E-state index in [0.717, 1.165) is 24.3 Å². The number of nitrogens with one attached hydrogen (secondary N) is 1. The molecule has 0 radical (unpaired) electrons. The van der Waals surface area contributed by atoms with Crippen LogP contribution in [-0.4, -0.2) is 17.7 Å². The van der Waals surface area contributed by atoms with Gasteiger partial charge in [-0.3, -0.25) is 4.79 Å². The Morgan fingerprint density at radius 2 is 2.12 bits per heavy atom. The Kier molecular flexibility index (Phi) is 4.04. The van der Waals surface area contributed by atoms with Gasteiger partial charge in [-0.1, -0.05) is 29.8 Å². The van der Waals surface area contributed by atoms with Crippen LogP contribution in [0.2, 0.25) is 5.02 Å².